The highest BCUT2D eigenvalue weighted by Crippen LogP contribution is 2.03. The van der Waals surface area contributed by atoms with Crippen LogP contribution in [0.1, 0.15) is 25.5 Å². The van der Waals surface area contributed by atoms with Crippen LogP contribution in [0, 0.1) is 6.92 Å². The van der Waals surface area contributed by atoms with Gasteiger partial charge in [-0.2, -0.15) is 0 Å². The average molecular weight is 240 g/mol. The van der Waals surface area contributed by atoms with Gasteiger partial charge in [0, 0.05) is 7.05 Å². The van der Waals surface area contributed by atoms with Gasteiger partial charge in [-0.1, -0.05) is 6.92 Å². The SMILES string of the molecule is CCOC(=O)CN(CC)Cc1nnc(C)n1C. The van der Waals surface area contributed by atoms with Gasteiger partial charge in [0.15, 0.2) is 0 Å². The van der Waals surface area contributed by atoms with Gasteiger partial charge in [-0.25, -0.2) is 0 Å². The fourth-order valence-electron chi connectivity index (χ4n) is 1.46. The van der Waals surface area contributed by atoms with E-state index in [1.165, 1.54) is 0 Å². The Balaban J connectivity index is 2.58. The summed E-state index contributed by atoms with van der Waals surface area (Å²) in [6.45, 7) is 7.79. The van der Waals surface area contributed by atoms with Crippen LogP contribution in [0.2, 0.25) is 0 Å². The fourth-order valence-corrected chi connectivity index (χ4v) is 1.46. The Bertz CT molecular complexity index is 376. The molecule has 1 aromatic rings. The second-order valence-corrected chi connectivity index (χ2v) is 3.83. The van der Waals surface area contributed by atoms with Crippen molar-refractivity contribution < 1.29 is 9.53 Å². The van der Waals surface area contributed by atoms with Crippen molar-refractivity contribution in [2.75, 3.05) is 19.7 Å². The summed E-state index contributed by atoms with van der Waals surface area (Å²) >= 11 is 0. The van der Waals surface area contributed by atoms with E-state index < -0.39 is 0 Å². The molecule has 6 nitrogen and oxygen atoms in total. The van der Waals surface area contributed by atoms with Crippen molar-refractivity contribution in [1.29, 1.82) is 0 Å². The predicted molar refractivity (Wildman–Crippen MR) is 63.3 cm³/mol. The van der Waals surface area contributed by atoms with Crippen molar-refractivity contribution in [1.82, 2.24) is 19.7 Å². The molecule has 0 unspecified atom stereocenters. The molecule has 0 radical (unpaired) electrons. The molecular formula is C11H20N4O2. The van der Waals surface area contributed by atoms with Crippen molar-refractivity contribution in [2.24, 2.45) is 7.05 Å². The molecule has 0 saturated heterocycles. The average Bonchev–Trinajstić information content (AvgIpc) is 2.60. The van der Waals surface area contributed by atoms with Gasteiger partial charge in [0.2, 0.25) is 0 Å². The highest BCUT2D eigenvalue weighted by Gasteiger charge is 2.13. The number of nitrogens with zero attached hydrogens (tertiary/aromatic N) is 4. The van der Waals surface area contributed by atoms with E-state index in [2.05, 4.69) is 10.2 Å². The lowest BCUT2D eigenvalue weighted by Gasteiger charge is -2.18. The van der Waals surface area contributed by atoms with Gasteiger partial charge in [-0.05, 0) is 20.4 Å². The van der Waals surface area contributed by atoms with E-state index in [9.17, 15) is 4.79 Å². The van der Waals surface area contributed by atoms with Crippen molar-refractivity contribution >= 4 is 5.97 Å². The molecule has 0 bridgehead atoms. The Morgan fingerprint density at radius 3 is 2.59 bits per heavy atom. The molecule has 0 saturated carbocycles. The molecule has 0 aliphatic heterocycles. The van der Waals surface area contributed by atoms with E-state index in [1.807, 2.05) is 30.4 Å². The number of likely N-dealkylation sites (N-methyl/N-ethyl adjacent to an activating group) is 1. The summed E-state index contributed by atoms with van der Waals surface area (Å²) in [6.07, 6.45) is 0. The Kier molecular flexibility index (Phi) is 5.09. The van der Waals surface area contributed by atoms with Crippen molar-refractivity contribution in [3.05, 3.63) is 11.6 Å². The second-order valence-electron chi connectivity index (χ2n) is 3.83. The molecule has 17 heavy (non-hydrogen) atoms. The molecular weight excluding hydrogens is 220 g/mol. The number of ether oxygens (including phenoxy) is 1. The minimum absolute atomic E-state index is 0.201. The topological polar surface area (TPSA) is 60.2 Å². The predicted octanol–water partition coefficient (Wildman–Crippen LogP) is 0.509. The van der Waals surface area contributed by atoms with E-state index in [4.69, 9.17) is 4.74 Å². The maximum absolute atomic E-state index is 11.4. The van der Waals surface area contributed by atoms with E-state index in [-0.39, 0.29) is 12.5 Å². The highest BCUT2D eigenvalue weighted by molar-refractivity contribution is 5.71. The molecule has 1 rings (SSSR count). The van der Waals surface area contributed by atoms with Crippen molar-refractivity contribution in [3.63, 3.8) is 0 Å². The molecule has 0 aromatic carbocycles. The van der Waals surface area contributed by atoms with E-state index >= 15 is 0 Å². The molecule has 1 aromatic heterocycles. The van der Waals surface area contributed by atoms with E-state index in [1.54, 1.807) is 6.92 Å². The van der Waals surface area contributed by atoms with Crippen LogP contribution in [0.3, 0.4) is 0 Å². The maximum atomic E-state index is 11.4. The molecule has 6 heteroatoms. The zero-order valence-electron chi connectivity index (χ0n) is 10.9. The molecule has 1 heterocycles. The van der Waals surface area contributed by atoms with Crippen molar-refractivity contribution in [3.8, 4) is 0 Å². The first kappa shape index (κ1) is 13.6. The number of hydrogen-bond acceptors (Lipinski definition) is 5. The summed E-state index contributed by atoms with van der Waals surface area (Å²) in [5, 5.41) is 8.06. The standard InChI is InChI=1S/C11H20N4O2/c1-5-15(8-11(16)17-6-2)7-10-13-12-9(3)14(10)4/h5-8H2,1-4H3. The van der Waals surface area contributed by atoms with Crippen molar-refractivity contribution in [2.45, 2.75) is 27.3 Å². The van der Waals surface area contributed by atoms with Gasteiger partial charge < -0.3 is 9.30 Å². The summed E-state index contributed by atoms with van der Waals surface area (Å²) in [7, 11) is 1.92. The Morgan fingerprint density at radius 2 is 2.12 bits per heavy atom. The molecule has 0 atom stereocenters. The largest absolute Gasteiger partial charge is 0.465 e. The molecule has 0 aliphatic rings. The van der Waals surface area contributed by atoms with Gasteiger partial charge in [0.05, 0.1) is 19.7 Å². The summed E-state index contributed by atoms with van der Waals surface area (Å²) in [5.74, 6) is 1.52. The van der Waals surface area contributed by atoms with E-state index in [0.717, 1.165) is 18.2 Å². The summed E-state index contributed by atoms with van der Waals surface area (Å²) in [4.78, 5) is 13.4. The highest BCUT2D eigenvalue weighted by atomic mass is 16.5. The first-order valence-corrected chi connectivity index (χ1v) is 5.81. The quantitative estimate of drug-likeness (QED) is 0.678. The van der Waals surface area contributed by atoms with Crippen LogP contribution in [0.4, 0.5) is 0 Å². The number of esters is 1. The van der Waals surface area contributed by atoms with Gasteiger partial charge in [0.25, 0.3) is 0 Å². The molecule has 0 amide bonds. The Labute approximate surface area is 102 Å². The van der Waals surface area contributed by atoms with E-state index in [0.29, 0.717) is 13.2 Å². The normalized spacial score (nSPS) is 10.9. The molecule has 0 N–H and O–H groups in total. The van der Waals surface area contributed by atoms with Gasteiger partial charge in [-0.15, -0.1) is 10.2 Å². The van der Waals surface area contributed by atoms with Crippen LogP contribution >= 0.6 is 0 Å². The number of hydrogen-bond donors (Lipinski definition) is 0. The van der Waals surface area contributed by atoms with Crippen LogP contribution in [0.25, 0.3) is 0 Å². The molecule has 0 aliphatic carbocycles. The lowest BCUT2D eigenvalue weighted by molar-refractivity contribution is -0.144. The lowest BCUT2D eigenvalue weighted by atomic mass is 10.4. The number of aromatic nitrogens is 3. The van der Waals surface area contributed by atoms with Crippen LogP contribution < -0.4 is 0 Å². The molecule has 0 fully saturated rings. The number of carbonyl (C=O) groups is 1. The number of aryl methyl sites for hydroxylation is 1. The van der Waals surface area contributed by atoms with Gasteiger partial charge in [-0.3, -0.25) is 9.69 Å². The smallest absolute Gasteiger partial charge is 0.320 e. The Morgan fingerprint density at radius 1 is 1.41 bits per heavy atom. The Hall–Kier alpha value is -1.43. The summed E-state index contributed by atoms with van der Waals surface area (Å²) < 4.78 is 6.85. The van der Waals surface area contributed by atoms with Gasteiger partial charge >= 0.3 is 5.97 Å². The maximum Gasteiger partial charge on any atom is 0.320 e. The summed E-state index contributed by atoms with van der Waals surface area (Å²) in [5.41, 5.74) is 0. The first-order valence-electron chi connectivity index (χ1n) is 5.81. The molecule has 0 spiro atoms. The lowest BCUT2D eigenvalue weighted by Crippen LogP contribution is -2.31. The van der Waals surface area contributed by atoms with Crippen LogP contribution in [-0.4, -0.2) is 45.3 Å². The van der Waals surface area contributed by atoms with Crippen LogP contribution in [-0.2, 0) is 23.1 Å². The summed E-state index contributed by atoms with van der Waals surface area (Å²) in [6, 6.07) is 0. The minimum Gasteiger partial charge on any atom is -0.465 e. The second kappa shape index (κ2) is 6.34. The fraction of sp³-hybridized carbons (Fsp3) is 0.727. The van der Waals surface area contributed by atoms with Gasteiger partial charge in [0.1, 0.15) is 11.6 Å². The third kappa shape index (κ3) is 3.81. The minimum atomic E-state index is -0.201. The zero-order valence-corrected chi connectivity index (χ0v) is 10.9. The van der Waals surface area contributed by atoms with Crippen LogP contribution in [0.15, 0.2) is 0 Å². The number of rotatable bonds is 6. The van der Waals surface area contributed by atoms with Crippen LogP contribution in [0.5, 0.6) is 0 Å². The number of carbonyl (C=O) groups excluding carboxylic acids is 1. The monoisotopic (exact) mass is 240 g/mol. The molecule has 96 valence electrons. The third-order valence-electron chi connectivity index (χ3n) is 2.65. The third-order valence-corrected chi connectivity index (χ3v) is 2.65. The first-order chi connectivity index (χ1) is 8.08. The zero-order chi connectivity index (χ0) is 12.8.